The number of hydrogen-bond donors (Lipinski definition) is 1. The lowest BCUT2D eigenvalue weighted by Gasteiger charge is -2.33. The van der Waals surface area contributed by atoms with Gasteiger partial charge in [0.25, 0.3) is 0 Å². The maximum Gasteiger partial charge on any atom is 0.235 e. The van der Waals surface area contributed by atoms with Crippen LogP contribution < -0.4 is 5.32 Å². The molecule has 1 aromatic carbocycles. The van der Waals surface area contributed by atoms with Crippen molar-refractivity contribution in [2.75, 3.05) is 26.7 Å². The zero-order chi connectivity index (χ0) is 15.2. The summed E-state index contributed by atoms with van der Waals surface area (Å²) >= 11 is 7.71. The van der Waals surface area contributed by atoms with Crippen LogP contribution in [0.5, 0.6) is 0 Å². The molecule has 1 aliphatic rings. The fraction of sp³-hybridized carbons (Fsp3) is 0.562. The van der Waals surface area contributed by atoms with Crippen LogP contribution in [-0.2, 0) is 4.79 Å². The first-order chi connectivity index (χ1) is 10.1. The lowest BCUT2D eigenvalue weighted by atomic mass is 9.97. The van der Waals surface area contributed by atoms with Gasteiger partial charge in [-0.05, 0) is 51.4 Å². The summed E-state index contributed by atoms with van der Waals surface area (Å²) in [6.45, 7) is 4.76. The van der Waals surface area contributed by atoms with Gasteiger partial charge in [-0.15, -0.1) is 24.2 Å². The van der Waals surface area contributed by atoms with Crippen LogP contribution in [0.4, 0.5) is 0 Å². The predicted molar refractivity (Wildman–Crippen MR) is 97.2 cm³/mol. The van der Waals surface area contributed by atoms with Crippen molar-refractivity contribution in [1.82, 2.24) is 10.2 Å². The third-order valence-electron chi connectivity index (χ3n) is 3.91. The fourth-order valence-corrected chi connectivity index (χ4v) is 3.92. The van der Waals surface area contributed by atoms with Crippen molar-refractivity contribution in [2.45, 2.75) is 29.9 Å². The molecule has 3 nitrogen and oxygen atoms in total. The van der Waals surface area contributed by atoms with Gasteiger partial charge in [-0.2, -0.15) is 0 Å². The van der Waals surface area contributed by atoms with E-state index in [4.69, 9.17) is 11.6 Å². The molecule has 1 aromatic rings. The van der Waals surface area contributed by atoms with Crippen LogP contribution in [0.3, 0.4) is 0 Å². The molecule has 1 N–H and O–H groups in total. The highest BCUT2D eigenvalue weighted by molar-refractivity contribution is 8.00. The number of amides is 1. The van der Waals surface area contributed by atoms with E-state index in [1.807, 2.05) is 43.1 Å². The van der Waals surface area contributed by atoms with E-state index in [0.29, 0.717) is 5.92 Å². The third kappa shape index (κ3) is 5.34. The van der Waals surface area contributed by atoms with Crippen molar-refractivity contribution < 1.29 is 4.79 Å². The largest absolute Gasteiger partial charge is 0.342 e. The molecule has 1 fully saturated rings. The van der Waals surface area contributed by atoms with E-state index >= 15 is 0 Å². The van der Waals surface area contributed by atoms with Gasteiger partial charge in [-0.1, -0.05) is 23.7 Å². The number of likely N-dealkylation sites (tertiary alicyclic amines) is 1. The summed E-state index contributed by atoms with van der Waals surface area (Å²) in [5.41, 5.74) is 0. The molecule has 0 bridgehead atoms. The highest BCUT2D eigenvalue weighted by Gasteiger charge is 2.26. The lowest BCUT2D eigenvalue weighted by molar-refractivity contribution is -0.131. The fourth-order valence-electron chi connectivity index (χ4n) is 2.68. The van der Waals surface area contributed by atoms with Crippen LogP contribution in [0.15, 0.2) is 29.2 Å². The van der Waals surface area contributed by atoms with Gasteiger partial charge >= 0.3 is 0 Å². The van der Waals surface area contributed by atoms with E-state index in [9.17, 15) is 4.79 Å². The first-order valence-corrected chi connectivity index (χ1v) is 8.72. The second kappa shape index (κ2) is 9.66. The maximum absolute atomic E-state index is 12.5. The molecule has 1 heterocycles. The number of piperidine rings is 1. The van der Waals surface area contributed by atoms with Crippen molar-refractivity contribution in [3.63, 3.8) is 0 Å². The number of carbonyl (C=O) groups is 1. The smallest absolute Gasteiger partial charge is 0.235 e. The molecular formula is C16H24Cl2N2OS. The van der Waals surface area contributed by atoms with E-state index < -0.39 is 0 Å². The molecule has 2 rings (SSSR count). The molecule has 124 valence electrons. The number of nitrogens with zero attached hydrogens (tertiary/aromatic N) is 1. The van der Waals surface area contributed by atoms with Crippen molar-refractivity contribution >= 4 is 41.7 Å². The molecule has 1 aliphatic heterocycles. The Kier molecular flexibility index (Phi) is 8.62. The molecular weight excluding hydrogens is 339 g/mol. The number of hydrogen-bond acceptors (Lipinski definition) is 3. The van der Waals surface area contributed by atoms with Crippen LogP contribution >= 0.6 is 35.8 Å². The Balaban J connectivity index is 0.00000242. The van der Waals surface area contributed by atoms with Crippen molar-refractivity contribution in [2.24, 2.45) is 5.92 Å². The minimum atomic E-state index is -0.0919. The average molecular weight is 363 g/mol. The molecule has 1 unspecified atom stereocenters. The molecule has 1 saturated heterocycles. The van der Waals surface area contributed by atoms with Crippen molar-refractivity contribution in [1.29, 1.82) is 0 Å². The summed E-state index contributed by atoms with van der Waals surface area (Å²) in [5, 5.41) is 3.85. The van der Waals surface area contributed by atoms with E-state index in [0.717, 1.165) is 42.4 Å². The Labute approximate surface area is 148 Å². The molecule has 0 saturated carbocycles. The zero-order valence-electron chi connectivity index (χ0n) is 13.0. The van der Waals surface area contributed by atoms with E-state index in [1.54, 1.807) is 11.8 Å². The Morgan fingerprint density at radius 3 is 2.64 bits per heavy atom. The summed E-state index contributed by atoms with van der Waals surface area (Å²) in [4.78, 5) is 15.5. The first kappa shape index (κ1) is 19.6. The predicted octanol–water partition coefficient (Wildman–Crippen LogP) is 3.70. The molecule has 0 aliphatic carbocycles. The number of halogens is 2. The third-order valence-corrected chi connectivity index (χ3v) is 5.51. The van der Waals surface area contributed by atoms with E-state index in [-0.39, 0.29) is 23.6 Å². The molecule has 0 aromatic heterocycles. The monoisotopic (exact) mass is 362 g/mol. The van der Waals surface area contributed by atoms with E-state index in [2.05, 4.69) is 5.32 Å². The Morgan fingerprint density at radius 2 is 2.05 bits per heavy atom. The van der Waals surface area contributed by atoms with Gasteiger partial charge in [0, 0.05) is 18.0 Å². The van der Waals surface area contributed by atoms with Crippen LogP contribution in [-0.4, -0.2) is 42.7 Å². The number of carbonyl (C=O) groups excluding carboxylic acids is 1. The minimum Gasteiger partial charge on any atom is -0.342 e. The first-order valence-electron chi connectivity index (χ1n) is 7.46. The summed E-state index contributed by atoms with van der Waals surface area (Å²) in [6.07, 6.45) is 2.19. The SMILES string of the molecule is CNCC1CCN(C(=O)C(C)Sc2ccccc2Cl)CC1.Cl. The molecule has 1 amide bonds. The summed E-state index contributed by atoms with van der Waals surface area (Å²) in [6, 6.07) is 7.69. The highest BCUT2D eigenvalue weighted by atomic mass is 35.5. The second-order valence-electron chi connectivity index (χ2n) is 5.52. The molecule has 0 radical (unpaired) electrons. The second-order valence-corrected chi connectivity index (χ2v) is 7.31. The number of thioether (sulfide) groups is 1. The van der Waals surface area contributed by atoms with E-state index in [1.165, 1.54) is 0 Å². The summed E-state index contributed by atoms with van der Waals surface area (Å²) in [7, 11) is 1.99. The van der Waals surface area contributed by atoms with Gasteiger partial charge in [0.05, 0.1) is 10.3 Å². The van der Waals surface area contributed by atoms with Crippen LogP contribution in [0.1, 0.15) is 19.8 Å². The normalized spacial score (nSPS) is 17.0. The van der Waals surface area contributed by atoms with Gasteiger partial charge in [-0.3, -0.25) is 4.79 Å². The van der Waals surface area contributed by atoms with Crippen LogP contribution in [0.2, 0.25) is 5.02 Å². The number of benzene rings is 1. The number of nitrogens with one attached hydrogen (secondary N) is 1. The number of rotatable bonds is 5. The average Bonchev–Trinajstić information content (AvgIpc) is 2.50. The Hall–Kier alpha value is -0.420. The summed E-state index contributed by atoms with van der Waals surface area (Å²) < 4.78 is 0. The van der Waals surface area contributed by atoms with Crippen LogP contribution in [0.25, 0.3) is 0 Å². The quantitative estimate of drug-likeness (QED) is 0.810. The van der Waals surface area contributed by atoms with Gasteiger partial charge < -0.3 is 10.2 Å². The van der Waals surface area contributed by atoms with Crippen LogP contribution in [0, 0.1) is 5.92 Å². The lowest BCUT2D eigenvalue weighted by Crippen LogP contribution is -2.43. The standard InChI is InChI=1S/C16H23ClN2OS.ClH/c1-12(21-15-6-4-3-5-14(15)17)16(20)19-9-7-13(8-10-19)11-18-2;/h3-6,12-13,18H,7-11H2,1-2H3;1H. The zero-order valence-corrected chi connectivity index (χ0v) is 15.4. The maximum atomic E-state index is 12.5. The van der Waals surface area contributed by atoms with Gasteiger partial charge in [0.1, 0.15) is 0 Å². The van der Waals surface area contributed by atoms with Crippen molar-refractivity contribution in [3.05, 3.63) is 29.3 Å². The topological polar surface area (TPSA) is 32.3 Å². The van der Waals surface area contributed by atoms with Gasteiger partial charge in [0.2, 0.25) is 5.91 Å². The Morgan fingerprint density at radius 1 is 1.41 bits per heavy atom. The highest BCUT2D eigenvalue weighted by Crippen LogP contribution is 2.31. The van der Waals surface area contributed by atoms with Crippen molar-refractivity contribution in [3.8, 4) is 0 Å². The molecule has 6 heteroatoms. The summed E-state index contributed by atoms with van der Waals surface area (Å²) in [5.74, 6) is 0.924. The molecule has 0 spiro atoms. The Bertz CT molecular complexity index is 479. The minimum absolute atomic E-state index is 0. The van der Waals surface area contributed by atoms with Gasteiger partial charge in [0.15, 0.2) is 0 Å². The van der Waals surface area contributed by atoms with Gasteiger partial charge in [-0.25, -0.2) is 0 Å². The molecule has 22 heavy (non-hydrogen) atoms. The molecule has 1 atom stereocenters.